The van der Waals surface area contributed by atoms with E-state index in [2.05, 4.69) is 27.5 Å². The molecule has 0 saturated heterocycles. The van der Waals surface area contributed by atoms with E-state index in [-0.39, 0.29) is 5.91 Å². The Balaban J connectivity index is 1.81. The molecule has 0 unspecified atom stereocenters. The maximum Gasteiger partial charge on any atom is 0.257 e. The van der Waals surface area contributed by atoms with Gasteiger partial charge in [-0.15, -0.1) is 5.10 Å². The average molecular weight is 303 g/mol. The molecule has 1 saturated carbocycles. The summed E-state index contributed by atoms with van der Waals surface area (Å²) in [6, 6.07) is 0. The molecule has 0 N–H and O–H groups in total. The lowest BCUT2D eigenvalue weighted by atomic mass is 10.1. The van der Waals surface area contributed by atoms with Crippen LogP contribution in [0.25, 0.3) is 0 Å². The van der Waals surface area contributed by atoms with Crippen LogP contribution in [0, 0.1) is 0 Å². The first-order valence-electron chi connectivity index (χ1n) is 7.64. The Bertz CT molecular complexity index is 671. The first kappa shape index (κ1) is 14.7. The topological polar surface area (TPSA) is 81.7 Å². The molecule has 1 aliphatic rings. The Hall–Kier alpha value is -2.25. The summed E-state index contributed by atoms with van der Waals surface area (Å²) in [5.41, 5.74) is 1.81. The van der Waals surface area contributed by atoms with Crippen molar-refractivity contribution in [2.45, 2.75) is 45.2 Å². The number of amides is 1. The molecule has 2 aromatic rings. The Labute approximate surface area is 129 Å². The number of hydrogen-bond donors (Lipinski definition) is 0. The second-order valence-corrected chi connectivity index (χ2v) is 5.82. The summed E-state index contributed by atoms with van der Waals surface area (Å²) >= 11 is 0. The highest BCUT2D eigenvalue weighted by Gasteiger charge is 2.33. The zero-order valence-electron chi connectivity index (χ0n) is 13.2. The smallest absolute Gasteiger partial charge is 0.257 e. The summed E-state index contributed by atoms with van der Waals surface area (Å²) in [7, 11) is 3.54. The van der Waals surface area contributed by atoms with Gasteiger partial charge in [-0.05, 0) is 29.7 Å². The number of hydrogen-bond acceptors (Lipinski definition) is 5. The number of carbonyl (C=O) groups excluding carboxylic acids is 1. The third kappa shape index (κ3) is 2.72. The maximum atomic E-state index is 12.7. The van der Waals surface area contributed by atoms with Crippen LogP contribution in [0.3, 0.4) is 0 Å². The van der Waals surface area contributed by atoms with Crippen LogP contribution < -0.4 is 0 Å². The van der Waals surface area contributed by atoms with Crippen molar-refractivity contribution in [2.24, 2.45) is 7.05 Å². The van der Waals surface area contributed by atoms with Gasteiger partial charge >= 0.3 is 0 Å². The molecular weight excluding hydrogens is 282 g/mol. The highest BCUT2D eigenvalue weighted by molar-refractivity contribution is 5.95. The molecule has 118 valence electrons. The van der Waals surface area contributed by atoms with Gasteiger partial charge in [0, 0.05) is 26.6 Å². The first-order valence-corrected chi connectivity index (χ1v) is 7.64. The minimum absolute atomic E-state index is 0.0211. The number of tetrazole rings is 1. The zero-order chi connectivity index (χ0) is 15.7. The van der Waals surface area contributed by atoms with Gasteiger partial charge in [0.15, 0.2) is 5.82 Å². The van der Waals surface area contributed by atoms with E-state index in [4.69, 9.17) is 0 Å². The van der Waals surface area contributed by atoms with Gasteiger partial charge in [0.2, 0.25) is 0 Å². The normalized spacial score (nSPS) is 14.3. The summed E-state index contributed by atoms with van der Waals surface area (Å²) in [5, 5.41) is 15.7. The fourth-order valence-electron chi connectivity index (χ4n) is 2.61. The quantitative estimate of drug-likeness (QED) is 0.794. The van der Waals surface area contributed by atoms with Crippen LogP contribution in [0.5, 0.6) is 0 Å². The van der Waals surface area contributed by atoms with Gasteiger partial charge in [-0.1, -0.05) is 6.92 Å². The fraction of sp³-hybridized carbons (Fsp3) is 0.643. The summed E-state index contributed by atoms with van der Waals surface area (Å²) in [5.74, 6) is 1.12. The Kier molecular flexibility index (Phi) is 3.91. The van der Waals surface area contributed by atoms with Crippen LogP contribution in [0.1, 0.15) is 54.0 Å². The Morgan fingerprint density at radius 2 is 2.23 bits per heavy atom. The van der Waals surface area contributed by atoms with Crippen molar-refractivity contribution in [2.75, 3.05) is 7.05 Å². The lowest BCUT2D eigenvalue weighted by molar-refractivity contribution is 0.0778. The van der Waals surface area contributed by atoms with E-state index in [9.17, 15) is 4.79 Å². The molecule has 0 atom stereocenters. The predicted octanol–water partition coefficient (Wildman–Crippen LogP) is 0.966. The average Bonchev–Trinajstić information content (AvgIpc) is 3.14. The molecule has 3 rings (SSSR count). The van der Waals surface area contributed by atoms with Crippen molar-refractivity contribution in [3.8, 4) is 0 Å². The third-order valence-corrected chi connectivity index (χ3v) is 3.94. The highest BCUT2D eigenvalue weighted by atomic mass is 16.2. The van der Waals surface area contributed by atoms with Gasteiger partial charge in [-0.25, -0.2) is 4.68 Å². The number of carbonyl (C=O) groups is 1. The van der Waals surface area contributed by atoms with E-state index < -0.39 is 0 Å². The molecule has 22 heavy (non-hydrogen) atoms. The third-order valence-electron chi connectivity index (χ3n) is 3.94. The predicted molar refractivity (Wildman–Crippen MR) is 79.1 cm³/mol. The van der Waals surface area contributed by atoms with Crippen molar-refractivity contribution < 1.29 is 4.79 Å². The first-order chi connectivity index (χ1) is 10.6. The molecule has 1 amide bonds. The van der Waals surface area contributed by atoms with Crippen LogP contribution >= 0.6 is 0 Å². The Morgan fingerprint density at radius 3 is 2.82 bits per heavy atom. The van der Waals surface area contributed by atoms with Gasteiger partial charge in [0.05, 0.1) is 24.0 Å². The van der Waals surface area contributed by atoms with Crippen LogP contribution in [0.4, 0.5) is 0 Å². The van der Waals surface area contributed by atoms with Gasteiger partial charge in [-0.3, -0.25) is 9.48 Å². The minimum atomic E-state index is -0.0211. The van der Waals surface area contributed by atoms with E-state index in [1.165, 1.54) is 0 Å². The molecule has 0 aliphatic heterocycles. The monoisotopic (exact) mass is 303 g/mol. The molecule has 8 heteroatoms. The molecule has 0 radical (unpaired) electrons. The van der Waals surface area contributed by atoms with Crippen molar-refractivity contribution >= 4 is 5.91 Å². The largest absolute Gasteiger partial charge is 0.334 e. The van der Waals surface area contributed by atoms with Crippen molar-refractivity contribution in [3.63, 3.8) is 0 Å². The summed E-state index contributed by atoms with van der Waals surface area (Å²) in [4.78, 5) is 14.4. The SMILES string of the molecule is CCCn1ncc(C(=O)N(C)Cc2nnnn2C)c1C1CC1. The lowest BCUT2D eigenvalue weighted by Gasteiger charge is -2.16. The van der Waals surface area contributed by atoms with E-state index >= 15 is 0 Å². The highest BCUT2D eigenvalue weighted by Crippen LogP contribution is 2.42. The summed E-state index contributed by atoms with van der Waals surface area (Å²) in [6.07, 6.45) is 5.01. The van der Waals surface area contributed by atoms with Gasteiger partial charge in [0.1, 0.15) is 0 Å². The molecular formula is C14H21N7O. The number of aromatic nitrogens is 6. The molecule has 0 aromatic carbocycles. The van der Waals surface area contributed by atoms with Crippen molar-refractivity contribution in [1.82, 2.24) is 34.9 Å². The van der Waals surface area contributed by atoms with Gasteiger partial charge < -0.3 is 4.90 Å². The Morgan fingerprint density at radius 1 is 1.45 bits per heavy atom. The fourth-order valence-corrected chi connectivity index (χ4v) is 2.61. The van der Waals surface area contributed by atoms with Crippen LogP contribution in [0.15, 0.2) is 6.20 Å². The molecule has 1 fully saturated rings. The second kappa shape index (κ2) is 5.86. The van der Waals surface area contributed by atoms with Crippen LogP contribution in [-0.4, -0.2) is 47.8 Å². The molecule has 2 aromatic heterocycles. The summed E-state index contributed by atoms with van der Waals surface area (Å²) in [6.45, 7) is 3.36. The lowest BCUT2D eigenvalue weighted by Crippen LogP contribution is -2.28. The minimum Gasteiger partial charge on any atom is -0.334 e. The summed E-state index contributed by atoms with van der Waals surface area (Å²) < 4.78 is 3.56. The van der Waals surface area contributed by atoms with E-state index in [0.717, 1.165) is 31.5 Å². The van der Waals surface area contributed by atoms with Crippen LogP contribution in [-0.2, 0) is 20.1 Å². The van der Waals surface area contributed by atoms with E-state index in [0.29, 0.717) is 23.9 Å². The van der Waals surface area contributed by atoms with Gasteiger partial charge in [-0.2, -0.15) is 5.10 Å². The van der Waals surface area contributed by atoms with Crippen molar-refractivity contribution in [3.05, 3.63) is 23.3 Å². The van der Waals surface area contributed by atoms with E-state index in [1.54, 1.807) is 29.9 Å². The standard InChI is InChI=1S/C14H21N7O/c1-4-7-21-13(10-5-6-10)11(8-15-21)14(22)19(2)9-12-16-17-18-20(12)3/h8,10H,4-7,9H2,1-3H3. The maximum absolute atomic E-state index is 12.7. The molecule has 0 bridgehead atoms. The molecule has 2 heterocycles. The molecule has 8 nitrogen and oxygen atoms in total. The second-order valence-electron chi connectivity index (χ2n) is 5.82. The zero-order valence-corrected chi connectivity index (χ0v) is 13.2. The molecule has 1 aliphatic carbocycles. The number of aryl methyl sites for hydroxylation is 2. The van der Waals surface area contributed by atoms with E-state index in [1.807, 2.05) is 4.68 Å². The molecule has 0 spiro atoms. The van der Waals surface area contributed by atoms with Gasteiger partial charge in [0.25, 0.3) is 5.91 Å². The number of nitrogens with zero attached hydrogens (tertiary/aromatic N) is 7. The van der Waals surface area contributed by atoms with Crippen LogP contribution in [0.2, 0.25) is 0 Å². The number of rotatable bonds is 6. The van der Waals surface area contributed by atoms with Crippen molar-refractivity contribution in [1.29, 1.82) is 0 Å².